The van der Waals surface area contributed by atoms with Gasteiger partial charge in [-0.1, -0.05) is 42.5 Å². The van der Waals surface area contributed by atoms with E-state index in [-0.39, 0.29) is 4.90 Å². The highest BCUT2D eigenvalue weighted by atomic mass is 32.2. The molecule has 0 aromatic heterocycles. The number of sulfone groups is 1. The largest absolute Gasteiger partial charge is 0.479 e. The Morgan fingerprint density at radius 1 is 0.929 bits per heavy atom. The van der Waals surface area contributed by atoms with Crippen molar-refractivity contribution < 1.29 is 36.2 Å². The van der Waals surface area contributed by atoms with Gasteiger partial charge in [-0.25, -0.2) is 17.3 Å². The molecule has 0 bridgehead atoms. The zero-order chi connectivity index (χ0) is 20.6. The van der Waals surface area contributed by atoms with E-state index < -0.39 is 37.6 Å². The van der Waals surface area contributed by atoms with Crippen molar-refractivity contribution in [1.29, 1.82) is 0 Å². The highest BCUT2D eigenvalue weighted by Gasteiger charge is 2.30. The average molecular weight is 444 g/mol. The number of hydrogen-bond acceptors (Lipinski definition) is 6. The maximum Gasteiger partial charge on any atom is 0.479 e. The third kappa shape index (κ3) is 5.07. The molecule has 0 aliphatic heterocycles. The normalized spacial score (nSPS) is 16.7. The molecular formula is C17H18O8P2S. The smallest absolute Gasteiger partial charge is 0.324 e. The molecule has 8 nitrogen and oxygen atoms in total. The molecule has 3 aromatic rings. The van der Waals surface area contributed by atoms with Crippen molar-refractivity contribution in [3.8, 4) is 0 Å². The quantitative estimate of drug-likeness (QED) is 0.417. The third-order valence-electron chi connectivity index (χ3n) is 3.94. The summed E-state index contributed by atoms with van der Waals surface area (Å²) in [6.07, 6.45) is 0. The predicted molar refractivity (Wildman–Crippen MR) is 106 cm³/mol. The van der Waals surface area contributed by atoms with Crippen LogP contribution in [-0.2, 0) is 27.8 Å². The van der Waals surface area contributed by atoms with Gasteiger partial charge in [-0.2, -0.15) is 0 Å². The Kier molecular flexibility index (Phi) is 5.81. The van der Waals surface area contributed by atoms with E-state index in [4.69, 9.17) is 4.89 Å². The van der Waals surface area contributed by atoms with Crippen molar-refractivity contribution >= 4 is 46.8 Å². The fraction of sp³-hybridized carbons (Fsp3) is 0.176. The van der Waals surface area contributed by atoms with E-state index in [0.29, 0.717) is 0 Å². The third-order valence-corrected chi connectivity index (χ3v) is 8.16. The number of benzene rings is 3. The van der Waals surface area contributed by atoms with Crippen molar-refractivity contribution in [2.45, 2.75) is 4.90 Å². The Morgan fingerprint density at radius 3 is 2.29 bits per heavy atom. The second kappa shape index (κ2) is 7.69. The molecule has 0 aliphatic rings. The second-order valence-electron chi connectivity index (χ2n) is 6.17. The number of fused-ring (bicyclic) bond motifs is 3. The number of phosphoric acid groups is 1. The summed E-state index contributed by atoms with van der Waals surface area (Å²) in [5.41, 5.74) is 0. The summed E-state index contributed by atoms with van der Waals surface area (Å²) in [7, 11) is -12.9. The summed E-state index contributed by atoms with van der Waals surface area (Å²) < 4.78 is 56.1. The molecular weight excluding hydrogens is 426 g/mol. The van der Waals surface area contributed by atoms with E-state index in [9.17, 15) is 22.4 Å². The SMILES string of the molecule is CP(=O)(O)OP(=O)(O)OCCS(=O)(=O)c1ccc2c(ccc3ccccc32)c1. The number of hydrogen-bond donors (Lipinski definition) is 2. The first-order valence-corrected chi connectivity index (χ1v) is 13.3. The highest BCUT2D eigenvalue weighted by Crippen LogP contribution is 2.57. The molecule has 0 radical (unpaired) electrons. The molecule has 0 spiro atoms. The Bertz CT molecular complexity index is 1230. The lowest BCUT2D eigenvalue weighted by Crippen LogP contribution is -2.12. The Morgan fingerprint density at radius 2 is 1.57 bits per heavy atom. The van der Waals surface area contributed by atoms with E-state index >= 15 is 0 Å². The van der Waals surface area contributed by atoms with E-state index in [1.807, 2.05) is 36.4 Å². The topological polar surface area (TPSA) is 127 Å². The van der Waals surface area contributed by atoms with Crippen LogP contribution in [0.25, 0.3) is 21.5 Å². The average Bonchev–Trinajstić information content (AvgIpc) is 2.58. The lowest BCUT2D eigenvalue weighted by atomic mass is 10.0. The van der Waals surface area contributed by atoms with Crippen LogP contribution in [0.3, 0.4) is 0 Å². The molecule has 2 N–H and O–H groups in total. The molecule has 150 valence electrons. The molecule has 2 unspecified atom stereocenters. The lowest BCUT2D eigenvalue weighted by molar-refractivity contribution is 0.206. The van der Waals surface area contributed by atoms with Gasteiger partial charge in [0, 0.05) is 6.66 Å². The van der Waals surface area contributed by atoms with Gasteiger partial charge in [-0.05, 0) is 33.7 Å². The van der Waals surface area contributed by atoms with Gasteiger partial charge in [-0.15, -0.1) is 0 Å². The van der Waals surface area contributed by atoms with Crippen molar-refractivity contribution in [3.05, 3.63) is 54.6 Å². The molecule has 28 heavy (non-hydrogen) atoms. The van der Waals surface area contributed by atoms with Crippen molar-refractivity contribution in [2.75, 3.05) is 19.0 Å². The van der Waals surface area contributed by atoms with E-state index in [0.717, 1.165) is 28.2 Å². The number of phosphoric ester groups is 1. The molecule has 0 aliphatic carbocycles. The van der Waals surface area contributed by atoms with Gasteiger partial charge >= 0.3 is 15.4 Å². The van der Waals surface area contributed by atoms with Crippen LogP contribution in [0.1, 0.15) is 0 Å². The van der Waals surface area contributed by atoms with Crippen molar-refractivity contribution in [1.82, 2.24) is 0 Å². The van der Waals surface area contributed by atoms with Crippen molar-refractivity contribution in [2.24, 2.45) is 0 Å². The van der Waals surface area contributed by atoms with Crippen LogP contribution in [0.4, 0.5) is 0 Å². The Balaban J connectivity index is 1.80. The van der Waals surface area contributed by atoms with Crippen molar-refractivity contribution in [3.63, 3.8) is 0 Å². The summed E-state index contributed by atoms with van der Waals surface area (Å²) in [6, 6.07) is 16.2. The molecule has 3 rings (SSSR count). The first-order chi connectivity index (χ1) is 13.0. The number of rotatable bonds is 7. The Hall–Kier alpha value is -1.57. The van der Waals surface area contributed by atoms with Crippen LogP contribution < -0.4 is 0 Å². The summed E-state index contributed by atoms with van der Waals surface area (Å²) in [6.45, 7) is 0.0423. The van der Waals surface area contributed by atoms with E-state index in [2.05, 4.69) is 8.83 Å². The molecule has 0 heterocycles. The molecule has 3 aromatic carbocycles. The summed E-state index contributed by atoms with van der Waals surface area (Å²) in [5, 5.41) is 3.68. The van der Waals surface area contributed by atoms with Crippen LogP contribution in [0.2, 0.25) is 0 Å². The summed E-state index contributed by atoms with van der Waals surface area (Å²) >= 11 is 0. The first-order valence-electron chi connectivity index (χ1n) is 8.10. The minimum atomic E-state index is -4.84. The van der Waals surface area contributed by atoms with Gasteiger partial charge in [0.25, 0.3) is 0 Å². The standard InChI is InChI=1S/C17H18O8P2S/c1-26(18,19)25-27(20,21)24-10-11-28(22,23)15-8-9-17-14(12-15)7-6-13-4-2-3-5-16(13)17/h2-9,12H,10-11H2,1H3,(H,18,19)(H,20,21). The monoisotopic (exact) mass is 444 g/mol. The molecule has 0 saturated carbocycles. The van der Waals surface area contributed by atoms with Crippen LogP contribution in [0.15, 0.2) is 59.5 Å². The van der Waals surface area contributed by atoms with Gasteiger partial charge < -0.3 is 9.79 Å². The van der Waals surface area contributed by atoms with Gasteiger partial charge in [0.2, 0.25) is 0 Å². The van der Waals surface area contributed by atoms with Crippen LogP contribution >= 0.6 is 15.4 Å². The predicted octanol–water partition coefficient (Wildman–Crippen LogP) is 3.72. The zero-order valence-electron chi connectivity index (χ0n) is 14.8. The van der Waals surface area contributed by atoms with Crippen LogP contribution in [-0.4, -0.2) is 37.2 Å². The maximum atomic E-state index is 12.5. The minimum Gasteiger partial charge on any atom is -0.324 e. The molecule has 0 saturated heterocycles. The van der Waals surface area contributed by atoms with Gasteiger partial charge in [0.05, 0.1) is 17.3 Å². The molecule has 0 fully saturated rings. The molecule has 0 amide bonds. The fourth-order valence-corrected chi connectivity index (χ4v) is 6.07. The van der Waals surface area contributed by atoms with E-state index in [1.165, 1.54) is 12.1 Å². The maximum absolute atomic E-state index is 12.5. The van der Waals surface area contributed by atoms with Crippen LogP contribution in [0.5, 0.6) is 0 Å². The lowest BCUT2D eigenvalue weighted by Gasteiger charge is -2.13. The zero-order valence-corrected chi connectivity index (χ0v) is 17.4. The minimum absolute atomic E-state index is 0.0379. The molecule has 11 heteroatoms. The van der Waals surface area contributed by atoms with Gasteiger partial charge in [0.15, 0.2) is 9.84 Å². The second-order valence-corrected chi connectivity index (χ2v) is 11.7. The van der Waals surface area contributed by atoms with E-state index in [1.54, 1.807) is 6.07 Å². The summed E-state index contributed by atoms with van der Waals surface area (Å²) in [4.78, 5) is 18.4. The van der Waals surface area contributed by atoms with Crippen LogP contribution in [0, 0.1) is 0 Å². The summed E-state index contributed by atoms with van der Waals surface area (Å²) in [5.74, 6) is -0.598. The van der Waals surface area contributed by atoms with Gasteiger partial charge in [0.1, 0.15) is 0 Å². The Labute approximate surface area is 161 Å². The molecule has 2 atom stereocenters. The fourth-order valence-electron chi connectivity index (χ4n) is 2.78. The highest BCUT2D eigenvalue weighted by molar-refractivity contribution is 7.91. The van der Waals surface area contributed by atoms with Gasteiger partial charge in [-0.3, -0.25) is 9.09 Å². The first kappa shape index (κ1) is 21.1.